The van der Waals surface area contributed by atoms with Crippen molar-refractivity contribution in [3.8, 4) is 17.6 Å². The Hall–Kier alpha value is -5.07. The van der Waals surface area contributed by atoms with E-state index in [9.17, 15) is 14.4 Å². The standard InChI is InChI=1S/C33H32N6O5.H2O/c1-19-6-10-27-22(9-11-28-31-36-33(39(27)28)43-29(40)18-24(30(34)41)32(42)44-31)21(19)12-13-37-14-16-38(17-15-37)26-5-3-4-25-23(26)8-7-20(2)35-25;/h3-8,10,18H,9,11-17H2,1-2H3,(H2,34,41);1H2/b24-18-;. The molecule has 2 bridgehead atoms. The molecule has 0 saturated carbocycles. The SMILES string of the molecule is Cc1ccc2c(N3CCN(CCc4c(C)ccc5c4CCc4c6nc(n4-5)OC(=O)/C=C(/C(N)=O)C(=O)O6)CC3)cccc2n1.O. The molecule has 1 saturated heterocycles. The summed E-state index contributed by atoms with van der Waals surface area (Å²) in [6, 6.07) is 14.6. The van der Waals surface area contributed by atoms with Gasteiger partial charge in [-0.2, -0.15) is 4.98 Å². The topological polar surface area (TPSA) is 164 Å². The van der Waals surface area contributed by atoms with E-state index in [1.54, 1.807) is 4.57 Å². The number of carbonyl (C=O) groups excluding carboxylic acids is 3. The van der Waals surface area contributed by atoms with Crippen LogP contribution >= 0.6 is 0 Å². The van der Waals surface area contributed by atoms with Crippen LogP contribution < -0.4 is 20.1 Å². The maximum Gasteiger partial charge on any atom is 0.350 e. The Balaban J connectivity index is 0.00000357. The van der Waals surface area contributed by atoms with Gasteiger partial charge in [0.2, 0.25) is 5.88 Å². The molecule has 1 fully saturated rings. The number of aromatic nitrogens is 3. The van der Waals surface area contributed by atoms with Crippen LogP contribution in [-0.4, -0.2) is 75.5 Å². The van der Waals surface area contributed by atoms with Crippen LogP contribution in [0.3, 0.4) is 0 Å². The lowest BCUT2D eigenvalue weighted by atomic mass is 9.91. The molecule has 2 aromatic heterocycles. The summed E-state index contributed by atoms with van der Waals surface area (Å²) in [5, 5.41) is 1.19. The Labute approximate surface area is 259 Å². The number of nitrogens with zero attached hydrogens (tertiary/aromatic N) is 5. The van der Waals surface area contributed by atoms with Gasteiger partial charge in [-0.1, -0.05) is 12.1 Å². The highest BCUT2D eigenvalue weighted by Crippen LogP contribution is 2.38. The minimum Gasteiger partial charge on any atom is -0.412 e. The summed E-state index contributed by atoms with van der Waals surface area (Å²) >= 11 is 0. The second-order valence-corrected chi connectivity index (χ2v) is 11.4. The predicted octanol–water partition coefficient (Wildman–Crippen LogP) is 1.91. The number of ether oxygens (including phenoxy) is 2. The molecule has 2 aromatic carbocycles. The maximum atomic E-state index is 12.6. The molecule has 45 heavy (non-hydrogen) atoms. The van der Waals surface area contributed by atoms with Gasteiger partial charge in [-0.3, -0.25) is 19.2 Å². The number of hydrogen-bond acceptors (Lipinski definition) is 9. The third kappa shape index (κ3) is 5.42. The van der Waals surface area contributed by atoms with Crippen molar-refractivity contribution in [1.29, 1.82) is 0 Å². The normalized spacial score (nSPS) is 17.5. The van der Waals surface area contributed by atoms with E-state index in [2.05, 4.69) is 58.1 Å². The molecule has 12 nitrogen and oxygen atoms in total. The molecule has 0 radical (unpaired) electrons. The van der Waals surface area contributed by atoms with Crippen LogP contribution in [0, 0.1) is 13.8 Å². The first-order chi connectivity index (χ1) is 21.3. The number of esters is 2. The molecule has 7 rings (SSSR count). The summed E-state index contributed by atoms with van der Waals surface area (Å²) in [6.07, 6.45) is 2.84. The van der Waals surface area contributed by atoms with Crippen molar-refractivity contribution in [2.24, 2.45) is 5.73 Å². The minimum atomic E-state index is -1.08. The van der Waals surface area contributed by atoms with E-state index in [1.165, 1.54) is 22.2 Å². The fraction of sp³-hybridized carbons (Fsp3) is 0.303. The summed E-state index contributed by atoms with van der Waals surface area (Å²) < 4.78 is 12.6. The molecule has 4 aromatic rings. The Bertz CT molecular complexity index is 1890. The first kappa shape index (κ1) is 30.0. The third-order valence-electron chi connectivity index (χ3n) is 8.77. The van der Waals surface area contributed by atoms with Crippen molar-refractivity contribution in [2.75, 3.05) is 37.6 Å². The zero-order chi connectivity index (χ0) is 30.5. The van der Waals surface area contributed by atoms with Crippen molar-refractivity contribution in [3.05, 3.63) is 82.2 Å². The van der Waals surface area contributed by atoms with Crippen LogP contribution in [0.15, 0.2) is 54.1 Å². The number of fused-ring (bicyclic) bond motifs is 8. The van der Waals surface area contributed by atoms with Crippen molar-refractivity contribution >= 4 is 34.4 Å². The van der Waals surface area contributed by atoms with Gasteiger partial charge in [-0.05, 0) is 80.1 Å². The van der Waals surface area contributed by atoms with E-state index in [0.29, 0.717) is 18.5 Å². The van der Waals surface area contributed by atoms with Crippen LogP contribution in [0.2, 0.25) is 0 Å². The van der Waals surface area contributed by atoms with E-state index in [1.807, 2.05) is 13.0 Å². The third-order valence-corrected chi connectivity index (χ3v) is 8.77. The first-order valence-corrected chi connectivity index (χ1v) is 14.8. The molecule has 3 aliphatic heterocycles. The number of primary amides is 1. The number of rotatable bonds is 5. The molecular weight excluding hydrogens is 576 g/mol. The monoisotopic (exact) mass is 610 g/mol. The number of carbonyl (C=O) groups is 3. The Morgan fingerprint density at radius 1 is 0.933 bits per heavy atom. The summed E-state index contributed by atoms with van der Waals surface area (Å²) in [4.78, 5) is 50.8. The van der Waals surface area contributed by atoms with Gasteiger partial charge in [0.05, 0.1) is 16.9 Å². The van der Waals surface area contributed by atoms with E-state index >= 15 is 0 Å². The first-order valence-electron chi connectivity index (χ1n) is 14.8. The fourth-order valence-corrected chi connectivity index (χ4v) is 6.52. The number of anilines is 1. The number of pyridine rings is 1. The molecule has 3 aliphatic rings. The molecule has 0 unspecified atom stereocenters. The second kappa shape index (κ2) is 11.8. The maximum absolute atomic E-state index is 12.6. The van der Waals surface area contributed by atoms with Crippen molar-refractivity contribution < 1.29 is 29.3 Å². The van der Waals surface area contributed by atoms with Gasteiger partial charge in [0, 0.05) is 55.6 Å². The van der Waals surface area contributed by atoms with Gasteiger partial charge in [0.25, 0.3) is 5.91 Å². The highest BCUT2D eigenvalue weighted by Gasteiger charge is 2.33. The predicted molar refractivity (Wildman–Crippen MR) is 167 cm³/mol. The van der Waals surface area contributed by atoms with Gasteiger partial charge in [-0.15, -0.1) is 0 Å². The minimum absolute atomic E-state index is 0. The van der Waals surface area contributed by atoms with Gasteiger partial charge in [0.15, 0.2) is 0 Å². The number of amides is 1. The molecular formula is C33H34N6O6. The molecule has 1 amide bonds. The molecule has 232 valence electrons. The highest BCUT2D eigenvalue weighted by atomic mass is 16.6. The fourth-order valence-electron chi connectivity index (χ4n) is 6.52. The van der Waals surface area contributed by atoms with E-state index in [-0.39, 0.29) is 17.4 Å². The zero-order valence-electron chi connectivity index (χ0n) is 25.1. The molecule has 4 N–H and O–H groups in total. The van der Waals surface area contributed by atoms with E-state index in [0.717, 1.165) is 67.7 Å². The lowest BCUT2D eigenvalue weighted by molar-refractivity contribution is -0.134. The van der Waals surface area contributed by atoms with Crippen LogP contribution in [-0.2, 0) is 33.6 Å². The Kier molecular flexibility index (Phi) is 7.85. The van der Waals surface area contributed by atoms with Crippen LogP contribution in [0.25, 0.3) is 16.6 Å². The number of hydrogen-bond donors (Lipinski definition) is 1. The Morgan fingerprint density at radius 3 is 2.51 bits per heavy atom. The van der Waals surface area contributed by atoms with Gasteiger partial charge in [-0.25, -0.2) is 9.59 Å². The average Bonchev–Trinajstić information content (AvgIpc) is 3.37. The van der Waals surface area contributed by atoms with Crippen LogP contribution in [0.1, 0.15) is 28.1 Å². The largest absolute Gasteiger partial charge is 0.412 e. The zero-order valence-corrected chi connectivity index (χ0v) is 25.1. The number of piperazine rings is 1. The average molecular weight is 611 g/mol. The quantitative estimate of drug-likeness (QED) is 0.263. The van der Waals surface area contributed by atoms with Gasteiger partial charge < -0.3 is 25.6 Å². The lowest BCUT2D eigenvalue weighted by Gasteiger charge is -2.37. The van der Waals surface area contributed by atoms with Crippen LogP contribution in [0.5, 0.6) is 11.9 Å². The van der Waals surface area contributed by atoms with Crippen LogP contribution in [0.4, 0.5) is 5.69 Å². The second-order valence-electron chi connectivity index (χ2n) is 11.4. The summed E-state index contributed by atoms with van der Waals surface area (Å²) in [7, 11) is 0. The number of benzene rings is 2. The highest BCUT2D eigenvalue weighted by molar-refractivity contribution is 6.19. The lowest BCUT2D eigenvalue weighted by Crippen LogP contribution is -2.47. The van der Waals surface area contributed by atoms with E-state index < -0.39 is 23.4 Å². The Morgan fingerprint density at radius 2 is 1.73 bits per heavy atom. The molecule has 12 heteroatoms. The van der Waals surface area contributed by atoms with Gasteiger partial charge >= 0.3 is 17.9 Å². The smallest absolute Gasteiger partial charge is 0.350 e. The molecule has 0 atom stereocenters. The molecule has 0 aliphatic carbocycles. The molecule has 5 heterocycles. The summed E-state index contributed by atoms with van der Waals surface area (Å²) in [5.41, 5.74) is 13.0. The summed E-state index contributed by atoms with van der Waals surface area (Å²) in [5.74, 6) is -3.03. The molecule has 0 spiro atoms. The number of imidazole rings is 1. The van der Waals surface area contributed by atoms with E-state index in [4.69, 9.17) is 20.2 Å². The van der Waals surface area contributed by atoms with Gasteiger partial charge in [0.1, 0.15) is 5.57 Å². The number of nitrogens with two attached hydrogens (primary N) is 1. The number of aryl methyl sites for hydroxylation is 2. The van der Waals surface area contributed by atoms with Crippen molar-refractivity contribution in [2.45, 2.75) is 33.1 Å². The summed E-state index contributed by atoms with van der Waals surface area (Å²) in [6.45, 7) is 8.88. The van der Waals surface area contributed by atoms with Crippen molar-refractivity contribution in [1.82, 2.24) is 19.4 Å². The van der Waals surface area contributed by atoms with Crippen molar-refractivity contribution in [3.63, 3.8) is 0 Å².